The van der Waals surface area contributed by atoms with E-state index in [1.54, 1.807) is 0 Å². The van der Waals surface area contributed by atoms with Crippen molar-refractivity contribution < 1.29 is 0 Å². The molecule has 0 amide bonds. The van der Waals surface area contributed by atoms with E-state index in [2.05, 4.69) is 82.0 Å². The second-order valence-corrected chi connectivity index (χ2v) is 7.33. The van der Waals surface area contributed by atoms with Crippen molar-refractivity contribution in [3.63, 3.8) is 0 Å². The van der Waals surface area contributed by atoms with Crippen molar-refractivity contribution in [3.05, 3.63) is 60.7 Å². The summed E-state index contributed by atoms with van der Waals surface area (Å²) in [6.45, 7) is 5.47. The van der Waals surface area contributed by atoms with Gasteiger partial charge in [-0.3, -0.25) is 5.09 Å². The molecule has 0 radical (unpaired) electrons. The average Bonchev–Trinajstić information content (AvgIpc) is 3.01. The maximum Gasteiger partial charge on any atom is 0.175 e. The lowest BCUT2D eigenvalue weighted by atomic mass is 10.3. The molecule has 0 saturated carbocycles. The summed E-state index contributed by atoms with van der Waals surface area (Å²) in [5.41, 5.74) is 2.63. The fourth-order valence-corrected chi connectivity index (χ4v) is 4.93. The predicted octanol–water partition coefficient (Wildman–Crippen LogP) is 4.63. The van der Waals surface area contributed by atoms with E-state index in [1.807, 2.05) is 0 Å². The van der Waals surface area contributed by atoms with Gasteiger partial charge in [-0.15, -0.1) is 0 Å². The Bertz CT molecular complexity index is 514. The first-order valence-corrected chi connectivity index (χ1v) is 9.33. The van der Waals surface area contributed by atoms with Crippen molar-refractivity contribution in [3.8, 4) is 0 Å². The van der Waals surface area contributed by atoms with E-state index in [1.165, 1.54) is 24.2 Å². The number of anilines is 2. The smallest absolute Gasteiger partial charge is 0.175 e. The highest BCUT2D eigenvalue weighted by molar-refractivity contribution is 7.59. The third kappa shape index (κ3) is 3.43. The van der Waals surface area contributed by atoms with Crippen molar-refractivity contribution in [2.75, 3.05) is 29.0 Å². The molecule has 1 fully saturated rings. The molecular formula is C18H24N3P. The summed E-state index contributed by atoms with van der Waals surface area (Å²) < 4.78 is 5.05. The molecule has 0 bridgehead atoms. The van der Waals surface area contributed by atoms with E-state index in [0.29, 0.717) is 0 Å². The van der Waals surface area contributed by atoms with E-state index >= 15 is 0 Å². The Morgan fingerprint density at radius 2 is 1.36 bits per heavy atom. The van der Waals surface area contributed by atoms with Gasteiger partial charge in [-0.2, -0.15) is 0 Å². The van der Waals surface area contributed by atoms with Crippen molar-refractivity contribution in [2.45, 2.75) is 19.8 Å². The molecule has 0 aliphatic carbocycles. The van der Waals surface area contributed by atoms with Crippen LogP contribution in [0.3, 0.4) is 0 Å². The first-order valence-electron chi connectivity index (χ1n) is 8.09. The maximum absolute atomic E-state index is 3.80. The topological polar surface area (TPSA) is 18.5 Å². The van der Waals surface area contributed by atoms with Crippen LogP contribution >= 0.6 is 8.37 Å². The second kappa shape index (κ2) is 7.62. The first-order chi connectivity index (χ1) is 10.9. The number of nitrogens with one attached hydrogen (secondary N) is 1. The van der Waals surface area contributed by atoms with Crippen LogP contribution < -0.4 is 14.4 Å². The van der Waals surface area contributed by atoms with Crippen LogP contribution in [0.25, 0.3) is 0 Å². The number of hydrogen-bond acceptors (Lipinski definition) is 3. The van der Waals surface area contributed by atoms with Gasteiger partial charge < -0.3 is 9.34 Å². The average molecular weight is 313 g/mol. The fourth-order valence-electron chi connectivity index (χ4n) is 2.71. The minimum atomic E-state index is -0.519. The quantitative estimate of drug-likeness (QED) is 0.619. The molecule has 0 unspecified atom stereocenters. The van der Waals surface area contributed by atoms with Crippen LogP contribution in [-0.4, -0.2) is 19.6 Å². The molecule has 1 aliphatic heterocycles. The zero-order chi connectivity index (χ0) is 15.2. The molecule has 1 N–H and O–H groups in total. The van der Waals surface area contributed by atoms with Gasteiger partial charge in [-0.05, 0) is 30.7 Å². The van der Waals surface area contributed by atoms with Crippen molar-refractivity contribution >= 4 is 19.7 Å². The SMILES string of the molecule is CCCCNP1N(c2ccccc2)CCN1c1ccccc1. The summed E-state index contributed by atoms with van der Waals surface area (Å²) in [7, 11) is -0.519. The Kier molecular flexibility index (Phi) is 5.31. The van der Waals surface area contributed by atoms with Crippen LogP contribution in [0.1, 0.15) is 19.8 Å². The van der Waals surface area contributed by atoms with Crippen LogP contribution in [0.5, 0.6) is 0 Å². The standard InChI is InChI=1S/C18H24N3P/c1-2-3-14-19-22-20(17-10-6-4-7-11-17)15-16-21(22)18-12-8-5-9-13-18/h4-13,19H,2-3,14-16H2,1H3. The van der Waals surface area contributed by atoms with Crippen LogP contribution in [0.15, 0.2) is 60.7 Å². The van der Waals surface area contributed by atoms with E-state index in [4.69, 9.17) is 0 Å². The Labute approximate surface area is 134 Å². The molecule has 1 aliphatic rings. The van der Waals surface area contributed by atoms with Gasteiger partial charge in [0.05, 0.1) is 0 Å². The molecule has 1 heterocycles. The van der Waals surface area contributed by atoms with Crippen LogP contribution in [-0.2, 0) is 0 Å². The molecule has 2 aromatic rings. The summed E-state index contributed by atoms with van der Waals surface area (Å²) in [5, 5.41) is 3.80. The number of unbranched alkanes of at least 4 members (excludes halogenated alkanes) is 1. The molecule has 0 atom stereocenters. The van der Waals surface area contributed by atoms with Crippen molar-refractivity contribution in [2.24, 2.45) is 0 Å². The molecular weight excluding hydrogens is 289 g/mol. The number of benzene rings is 2. The van der Waals surface area contributed by atoms with Gasteiger partial charge >= 0.3 is 0 Å². The second-order valence-electron chi connectivity index (χ2n) is 5.47. The molecule has 3 nitrogen and oxygen atoms in total. The van der Waals surface area contributed by atoms with Gasteiger partial charge in [0.1, 0.15) is 0 Å². The molecule has 4 heteroatoms. The predicted molar refractivity (Wildman–Crippen MR) is 97.4 cm³/mol. The van der Waals surface area contributed by atoms with E-state index < -0.39 is 8.37 Å². The Balaban J connectivity index is 1.81. The molecule has 1 saturated heterocycles. The van der Waals surface area contributed by atoms with Gasteiger partial charge in [0.2, 0.25) is 0 Å². The highest BCUT2D eigenvalue weighted by Gasteiger charge is 2.32. The third-order valence-electron chi connectivity index (χ3n) is 3.87. The lowest BCUT2D eigenvalue weighted by molar-refractivity contribution is 0.768. The highest BCUT2D eigenvalue weighted by Crippen LogP contribution is 2.49. The number of hydrogen-bond donors (Lipinski definition) is 1. The molecule has 22 heavy (non-hydrogen) atoms. The van der Waals surface area contributed by atoms with Crippen molar-refractivity contribution in [1.82, 2.24) is 5.09 Å². The number of rotatable bonds is 6. The third-order valence-corrected chi connectivity index (χ3v) is 6.16. The van der Waals surface area contributed by atoms with Gasteiger partial charge in [-0.1, -0.05) is 49.7 Å². The minimum Gasteiger partial charge on any atom is -0.320 e. The Morgan fingerprint density at radius 1 is 0.864 bits per heavy atom. The monoisotopic (exact) mass is 313 g/mol. The van der Waals surface area contributed by atoms with E-state index in [-0.39, 0.29) is 0 Å². The van der Waals surface area contributed by atoms with Gasteiger partial charge in [-0.25, -0.2) is 0 Å². The van der Waals surface area contributed by atoms with Gasteiger partial charge in [0.15, 0.2) is 8.37 Å². The summed E-state index contributed by atoms with van der Waals surface area (Å²) in [4.78, 5) is 0. The lowest BCUT2D eigenvalue weighted by Gasteiger charge is -2.32. The highest BCUT2D eigenvalue weighted by atomic mass is 31.1. The van der Waals surface area contributed by atoms with Gasteiger partial charge in [0, 0.05) is 31.0 Å². The summed E-state index contributed by atoms with van der Waals surface area (Å²) in [5.74, 6) is 0. The van der Waals surface area contributed by atoms with E-state index in [9.17, 15) is 0 Å². The Morgan fingerprint density at radius 3 is 1.82 bits per heavy atom. The largest absolute Gasteiger partial charge is 0.320 e. The molecule has 0 spiro atoms. The van der Waals surface area contributed by atoms with Crippen LogP contribution in [0.4, 0.5) is 11.4 Å². The number of nitrogens with zero attached hydrogens (tertiary/aromatic N) is 2. The maximum atomic E-state index is 3.80. The lowest BCUT2D eigenvalue weighted by Crippen LogP contribution is -2.26. The summed E-state index contributed by atoms with van der Waals surface area (Å²) >= 11 is 0. The van der Waals surface area contributed by atoms with Crippen LogP contribution in [0, 0.1) is 0 Å². The molecule has 3 rings (SSSR count). The minimum absolute atomic E-state index is 0.519. The summed E-state index contributed by atoms with van der Waals surface area (Å²) in [6.07, 6.45) is 2.46. The van der Waals surface area contributed by atoms with Crippen molar-refractivity contribution in [1.29, 1.82) is 0 Å². The normalized spacial score (nSPS) is 15.5. The van der Waals surface area contributed by atoms with Gasteiger partial charge in [0.25, 0.3) is 0 Å². The molecule has 116 valence electrons. The van der Waals surface area contributed by atoms with Crippen LogP contribution in [0.2, 0.25) is 0 Å². The molecule has 0 aromatic heterocycles. The first kappa shape index (κ1) is 15.3. The summed E-state index contributed by atoms with van der Waals surface area (Å²) in [6, 6.07) is 21.5. The zero-order valence-electron chi connectivity index (χ0n) is 13.2. The zero-order valence-corrected chi connectivity index (χ0v) is 14.0. The molecule has 2 aromatic carbocycles. The van der Waals surface area contributed by atoms with E-state index in [0.717, 1.165) is 19.6 Å². The Hall–Kier alpha value is -1.57. The number of para-hydroxylation sites is 2. The fraction of sp³-hybridized carbons (Fsp3) is 0.333.